The Bertz CT molecular complexity index is 628. The molecule has 6 nitrogen and oxygen atoms in total. The van der Waals surface area contributed by atoms with Crippen LogP contribution in [0.2, 0.25) is 0 Å². The first-order chi connectivity index (χ1) is 11.0. The van der Waals surface area contributed by atoms with Gasteiger partial charge in [0.2, 0.25) is 0 Å². The van der Waals surface area contributed by atoms with Crippen LogP contribution >= 0.6 is 0 Å². The second-order valence-corrected chi connectivity index (χ2v) is 5.34. The maximum atomic E-state index is 12.8. The Morgan fingerprint density at radius 1 is 1.13 bits per heavy atom. The molecule has 0 aliphatic heterocycles. The van der Waals surface area contributed by atoms with Gasteiger partial charge in [-0.2, -0.15) is 0 Å². The number of hydrogen-bond donors (Lipinski definition) is 2. The van der Waals surface area contributed by atoms with Crippen LogP contribution in [0, 0.1) is 5.82 Å². The lowest BCUT2D eigenvalue weighted by atomic mass is 10.2. The van der Waals surface area contributed by atoms with E-state index >= 15 is 0 Å². The third-order valence-electron chi connectivity index (χ3n) is 3.13. The van der Waals surface area contributed by atoms with E-state index in [1.165, 1.54) is 12.1 Å². The number of carbonyl (C=O) groups is 1. The Labute approximate surface area is 134 Å². The Kier molecular flexibility index (Phi) is 5.99. The van der Waals surface area contributed by atoms with Crippen LogP contribution in [0.15, 0.2) is 36.4 Å². The standard InChI is InChI=1S/C16H20FN5O/c1-22(2)10-9-18-15-8-7-14(20-21-15)16(23)19-11-12-3-5-13(17)6-4-12/h3-8H,9-11H2,1-2H3,(H,18,21)(H,19,23). The highest BCUT2D eigenvalue weighted by molar-refractivity contribution is 5.92. The minimum absolute atomic E-state index is 0.241. The van der Waals surface area contributed by atoms with E-state index in [9.17, 15) is 9.18 Å². The topological polar surface area (TPSA) is 70.2 Å². The van der Waals surface area contributed by atoms with Gasteiger partial charge in [0.05, 0.1) is 0 Å². The summed E-state index contributed by atoms with van der Waals surface area (Å²) in [6.45, 7) is 1.93. The van der Waals surface area contributed by atoms with E-state index in [1.807, 2.05) is 14.1 Å². The molecule has 0 saturated heterocycles. The summed E-state index contributed by atoms with van der Waals surface area (Å²) >= 11 is 0. The predicted octanol–water partition coefficient (Wildman–Crippen LogP) is 1.52. The van der Waals surface area contributed by atoms with E-state index in [4.69, 9.17) is 0 Å². The summed E-state index contributed by atoms with van der Waals surface area (Å²) in [5, 5.41) is 13.7. The van der Waals surface area contributed by atoms with Gasteiger partial charge in [0.25, 0.3) is 5.91 Å². The fourth-order valence-electron chi connectivity index (χ4n) is 1.83. The second kappa shape index (κ2) is 8.19. The third-order valence-corrected chi connectivity index (χ3v) is 3.13. The highest BCUT2D eigenvalue weighted by Gasteiger charge is 2.08. The summed E-state index contributed by atoms with van der Waals surface area (Å²) in [4.78, 5) is 14.0. The molecule has 0 bridgehead atoms. The van der Waals surface area contributed by atoms with E-state index in [2.05, 4.69) is 25.7 Å². The molecule has 2 aromatic rings. The molecule has 0 aliphatic carbocycles. The van der Waals surface area contributed by atoms with Gasteiger partial charge in [0.1, 0.15) is 11.6 Å². The molecular formula is C16H20FN5O. The molecule has 0 atom stereocenters. The van der Waals surface area contributed by atoms with Crippen molar-refractivity contribution in [3.63, 3.8) is 0 Å². The van der Waals surface area contributed by atoms with Crippen molar-refractivity contribution >= 4 is 11.7 Å². The van der Waals surface area contributed by atoms with Crippen molar-refractivity contribution < 1.29 is 9.18 Å². The smallest absolute Gasteiger partial charge is 0.272 e. The molecular weight excluding hydrogens is 297 g/mol. The van der Waals surface area contributed by atoms with Crippen LogP contribution in [0.5, 0.6) is 0 Å². The fraction of sp³-hybridized carbons (Fsp3) is 0.312. The number of nitrogens with one attached hydrogen (secondary N) is 2. The molecule has 1 aromatic carbocycles. The third kappa shape index (κ3) is 5.63. The van der Waals surface area contributed by atoms with Gasteiger partial charge in [0.15, 0.2) is 5.69 Å². The van der Waals surface area contributed by atoms with Crippen molar-refractivity contribution in [3.8, 4) is 0 Å². The minimum Gasteiger partial charge on any atom is -0.367 e. The molecule has 2 N–H and O–H groups in total. The quantitative estimate of drug-likeness (QED) is 0.810. The van der Waals surface area contributed by atoms with Crippen LogP contribution in [-0.4, -0.2) is 48.2 Å². The number of likely N-dealkylation sites (N-methyl/N-ethyl adjacent to an activating group) is 1. The molecule has 0 aliphatic rings. The molecule has 0 fully saturated rings. The number of anilines is 1. The number of aromatic nitrogens is 2. The predicted molar refractivity (Wildman–Crippen MR) is 86.6 cm³/mol. The van der Waals surface area contributed by atoms with Gasteiger partial charge in [-0.3, -0.25) is 4.79 Å². The summed E-state index contributed by atoms with van der Waals surface area (Å²) in [5.74, 6) is 0.00639. The van der Waals surface area contributed by atoms with Crippen LogP contribution in [0.25, 0.3) is 0 Å². The monoisotopic (exact) mass is 317 g/mol. The number of hydrogen-bond acceptors (Lipinski definition) is 5. The zero-order valence-corrected chi connectivity index (χ0v) is 13.2. The zero-order valence-electron chi connectivity index (χ0n) is 13.2. The molecule has 1 heterocycles. The number of rotatable bonds is 7. The van der Waals surface area contributed by atoms with Gasteiger partial charge in [0, 0.05) is 19.6 Å². The number of halogens is 1. The SMILES string of the molecule is CN(C)CCNc1ccc(C(=O)NCc2ccc(F)cc2)nn1. The van der Waals surface area contributed by atoms with Gasteiger partial charge in [-0.15, -0.1) is 10.2 Å². The first kappa shape index (κ1) is 16.8. The Morgan fingerprint density at radius 3 is 2.48 bits per heavy atom. The lowest BCUT2D eigenvalue weighted by Gasteiger charge is -2.10. The van der Waals surface area contributed by atoms with Crippen LogP contribution in [0.4, 0.5) is 10.2 Å². The lowest BCUT2D eigenvalue weighted by molar-refractivity contribution is 0.0945. The van der Waals surface area contributed by atoms with Gasteiger partial charge < -0.3 is 15.5 Å². The number of carbonyl (C=O) groups excluding carboxylic acids is 1. The van der Waals surface area contributed by atoms with E-state index in [-0.39, 0.29) is 17.4 Å². The van der Waals surface area contributed by atoms with E-state index in [0.717, 1.165) is 18.7 Å². The summed E-state index contributed by atoms with van der Waals surface area (Å²) in [5.41, 5.74) is 1.06. The van der Waals surface area contributed by atoms with E-state index in [0.29, 0.717) is 12.4 Å². The van der Waals surface area contributed by atoms with Gasteiger partial charge >= 0.3 is 0 Å². The van der Waals surface area contributed by atoms with Crippen LogP contribution in [0.3, 0.4) is 0 Å². The summed E-state index contributed by atoms with van der Waals surface area (Å²) < 4.78 is 12.8. The van der Waals surface area contributed by atoms with Crippen molar-refractivity contribution in [1.29, 1.82) is 0 Å². The molecule has 1 amide bonds. The zero-order chi connectivity index (χ0) is 16.7. The van der Waals surface area contributed by atoms with Crippen LogP contribution < -0.4 is 10.6 Å². The summed E-state index contributed by atoms with van der Waals surface area (Å²) in [6, 6.07) is 9.30. The number of nitrogens with zero attached hydrogens (tertiary/aromatic N) is 3. The van der Waals surface area contributed by atoms with Crippen molar-refractivity contribution in [1.82, 2.24) is 20.4 Å². The minimum atomic E-state index is -0.318. The average Bonchev–Trinajstić information content (AvgIpc) is 2.54. The summed E-state index contributed by atoms with van der Waals surface area (Å²) in [6.07, 6.45) is 0. The fourth-order valence-corrected chi connectivity index (χ4v) is 1.83. The molecule has 0 spiro atoms. The molecule has 0 radical (unpaired) electrons. The Morgan fingerprint density at radius 2 is 1.87 bits per heavy atom. The first-order valence-electron chi connectivity index (χ1n) is 7.29. The lowest BCUT2D eigenvalue weighted by Crippen LogP contribution is -2.24. The van der Waals surface area contributed by atoms with Gasteiger partial charge in [-0.05, 0) is 43.9 Å². The van der Waals surface area contributed by atoms with Gasteiger partial charge in [-0.25, -0.2) is 4.39 Å². The largest absolute Gasteiger partial charge is 0.367 e. The Hall–Kier alpha value is -2.54. The summed E-state index contributed by atoms with van der Waals surface area (Å²) in [7, 11) is 3.98. The second-order valence-electron chi connectivity index (χ2n) is 5.34. The Balaban J connectivity index is 1.83. The normalized spacial score (nSPS) is 10.6. The highest BCUT2D eigenvalue weighted by atomic mass is 19.1. The van der Waals surface area contributed by atoms with E-state index in [1.54, 1.807) is 24.3 Å². The molecule has 0 unspecified atom stereocenters. The first-order valence-corrected chi connectivity index (χ1v) is 7.29. The highest BCUT2D eigenvalue weighted by Crippen LogP contribution is 2.04. The number of benzene rings is 1. The van der Waals surface area contributed by atoms with E-state index < -0.39 is 0 Å². The maximum Gasteiger partial charge on any atom is 0.272 e. The van der Waals surface area contributed by atoms with Crippen LogP contribution in [-0.2, 0) is 6.54 Å². The maximum absolute atomic E-state index is 12.8. The van der Waals surface area contributed by atoms with Crippen molar-refractivity contribution in [3.05, 3.63) is 53.5 Å². The van der Waals surface area contributed by atoms with Crippen molar-refractivity contribution in [2.75, 3.05) is 32.5 Å². The molecule has 122 valence electrons. The molecule has 23 heavy (non-hydrogen) atoms. The number of amides is 1. The average molecular weight is 317 g/mol. The van der Waals surface area contributed by atoms with Crippen molar-refractivity contribution in [2.24, 2.45) is 0 Å². The van der Waals surface area contributed by atoms with Crippen LogP contribution in [0.1, 0.15) is 16.1 Å². The van der Waals surface area contributed by atoms with Gasteiger partial charge in [-0.1, -0.05) is 12.1 Å². The van der Waals surface area contributed by atoms with Crippen molar-refractivity contribution in [2.45, 2.75) is 6.54 Å². The molecule has 7 heteroatoms. The molecule has 0 saturated carbocycles. The molecule has 1 aromatic heterocycles. The molecule has 2 rings (SSSR count).